The van der Waals surface area contributed by atoms with Gasteiger partial charge in [-0.1, -0.05) is 36.7 Å². The molecule has 0 bridgehead atoms. The van der Waals surface area contributed by atoms with E-state index < -0.39 is 0 Å². The van der Waals surface area contributed by atoms with E-state index in [1.165, 1.54) is 11.6 Å². The van der Waals surface area contributed by atoms with E-state index in [0.717, 1.165) is 42.0 Å². The molecule has 8 heteroatoms. The molecule has 0 unspecified atom stereocenters. The van der Waals surface area contributed by atoms with Gasteiger partial charge in [-0.2, -0.15) is 4.98 Å². The number of imidazole rings is 1. The predicted molar refractivity (Wildman–Crippen MR) is 111 cm³/mol. The molecule has 0 saturated carbocycles. The van der Waals surface area contributed by atoms with Crippen molar-refractivity contribution in [1.29, 1.82) is 0 Å². The Morgan fingerprint density at radius 1 is 1.11 bits per heavy atom. The van der Waals surface area contributed by atoms with Gasteiger partial charge in [-0.25, -0.2) is 4.79 Å². The van der Waals surface area contributed by atoms with Crippen LogP contribution in [0, 0.1) is 5.92 Å². The molecule has 0 N–H and O–H groups in total. The summed E-state index contributed by atoms with van der Waals surface area (Å²) in [5.41, 5.74) is 1.03. The van der Waals surface area contributed by atoms with Gasteiger partial charge in [0.05, 0.1) is 6.54 Å². The van der Waals surface area contributed by atoms with Crippen molar-refractivity contribution in [3.63, 3.8) is 0 Å². The van der Waals surface area contributed by atoms with Gasteiger partial charge in [0.25, 0.3) is 5.56 Å². The number of aryl methyl sites for hydroxylation is 1. The summed E-state index contributed by atoms with van der Waals surface area (Å²) in [7, 11) is 3.15. The van der Waals surface area contributed by atoms with E-state index in [9.17, 15) is 9.59 Å². The highest BCUT2D eigenvalue weighted by Crippen LogP contribution is 2.27. The summed E-state index contributed by atoms with van der Waals surface area (Å²) in [5, 5.41) is 0.643. The van der Waals surface area contributed by atoms with E-state index in [1.54, 1.807) is 7.05 Å². The molecule has 0 amide bonds. The standard InChI is InChI=1S/C20H24ClN5O2/c1-13-8-10-25(11-9-13)19-22-17-16(18(27)24(3)20(28)23(17)2)26(19)12-14-6-4-5-7-15(14)21/h4-7,13H,8-12H2,1-3H3. The second-order valence-corrected chi connectivity index (χ2v) is 8.04. The first-order valence-electron chi connectivity index (χ1n) is 9.53. The van der Waals surface area contributed by atoms with Crippen LogP contribution in [-0.2, 0) is 20.6 Å². The molecule has 1 aliphatic rings. The molecule has 1 aromatic carbocycles. The van der Waals surface area contributed by atoms with Gasteiger partial charge in [0.2, 0.25) is 5.95 Å². The first-order valence-corrected chi connectivity index (χ1v) is 9.91. The van der Waals surface area contributed by atoms with E-state index in [2.05, 4.69) is 11.8 Å². The Morgan fingerprint density at radius 3 is 2.46 bits per heavy atom. The van der Waals surface area contributed by atoms with Gasteiger partial charge in [-0.05, 0) is 30.4 Å². The van der Waals surface area contributed by atoms with Gasteiger partial charge in [-0.3, -0.25) is 18.5 Å². The maximum atomic E-state index is 13.0. The third kappa shape index (κ3) is 3.03. The van der Waals surface area contributed by atoms with Crippen molar-refractivity contribution in [2.45, 2.75) is 26.3 Å². The molecule has 7 nitrogen and oxygen atoms in total. The number of benzene rings is 1. The second-order valence-electron chi connectivity index (χ2n) is 7.64. The highest BCUT2D eigenvalue weighted by molar-refractivity contribution is 6.31. The van der Waals surface area contributed by atoms with Crippen molar-refractivity contribution in [2.24, 2.45) is 20.0 Å². The van der Waals surface area contributed by atoms with E-state index in [0.29, 0.717) is 28.6 Å². The molecule has 1 aliphatic heterocycles. The quantitative estimate of drug-likeness (QED) is 0.675. The zero-order valence-corrected chi connectivity index (χ0v) is 17.1. The van der Waals surface area contributed by atoms with Crippen LogP contribution >= 0.6 is 11.6 Å². The van der Waals surface area contributed by atoms with Crippen LogP contribution in [0.4, 0.5) is 5.95 Å². The molecule has 3 aromatic rings. The molecule has 148 valence electrons. The molecule has 0 spiro atoms. The Balaban J connectivity index is 1.96. The highest BCUT2D eigenvalue weighted by Gasteiger charge is 2.25. The Kier molecular flexibility index (Phi) is 4.79. The van der Waals surface area contributed by atoms with E-state index in [4.69, 9.17) is 16.6 Å². The lowest BCUT2D eigenvalue weighted by atomic mass is 10.00. The maximum absolute atomic E-state index is 13.0. The average Bonchev–Trinajstić information content (AvgIpc) is 3.06. The SMILES string of the molecule is CC1CCN(c2nc3c(c(=O)n(C)c(=O)n3C)n2Cc2ccccc2Cl)CC1. The molecular weight excluding hydrogens is 378 g/mol. The van der Waals surface area contributed by atoms with Crippen LogP contribution in [0.25, 0.3) is 11.2 Å². The summed E-state index contributed by atoms with van der Waals surface area (Å²) >= 11 is 6.39. The monoisotopic (exact) mass is 401 g/mol. The lowest BCUT2D eigenvalue weighted by Crippen LogP contribution is -2.38. The third-order valence-electron chi connectivity index (χ3n) is 5.68. The molecule has 0 aliphatic carbocycles. The molecule has 0 radical (unpaired) electrons. The first-order chi connectivity index (χ1) is 13.4. The molecule has 28 heavy (non-hydrogen) atoms. The predicted octanol–water partition coefficient (Wildman–Crippen LogP) is 2.37. The summed E-state index contributed by atoms with van der Waals surface area (Å²) in [5.74, 6) is 1.40. The topological polar surface area (TPSA) is 65.1 Å². The smallest absolute Gasteiger partial charge is 0.332 e. The molecular formula is C20H24ClN5O2. The number of piperidine rings is 1. The number of hydrogen-bond acceptors (Lipinski definition) is 4. The van der Waals surface area contributed by atoms with E-state index in [1.807, 2.05) is 28.8 Å². The zero-order chi connectivity index (χ0) is 20.0. The maximum Gasteiger partial charge on any atom is 0.332 e. The minimum absolute atomic E-state index is 0.339. The largest absolute Gasteiger partial charge is 0.342 e. The van der Waals surface area contributed by atoms with Crippen molar-refractivity contribution >= 4 is 28.7 Å². The summed E-state index contributed by atoms with van der Waals surface area (Å²) in [6, 6.07) is 7.60. The average molecular weight is 402 g/mol. The fraction of sp³-hybridized carbons (Fsp3) is 0.450. The van der Waals surface area contributed by atoms with Crippen molar-refractivity contribution in [2.75, 3.05) is 18.0 Å². The Bertz CT molecular complexity index is 1150. The summed E-state index contributed by atoms with van der Waals surface area (Å²) in [6.07, 6.45) is 2.15. The molecule has 1 fully saturated rings. The number of fused-ring (bicyclic) bond motifs is 1. The number of nitrogens with zero attached hydrogens (tertiary/aromatic N) is 5. The number of aromatic nitrogens is 4. The van der Waals surface area contributed by atoms with Gasteiger partial charge < -0.3 is 4.90 Å². The summed E-state index contributed by atoms with van der Waals surface area (Å²) in [6.45, 7) is 4.43. The van der Waals surface area contributed by atoms with Crippen molar-refractivity contribution in [3.05, 3.63) is 55.7 Å². The molecule has 4 rings (SSSR count). The van der Waals surface area contributed by atoms with Crippen LogP contribution in [-0.4, -0.2) is 31.8 Å². The lowest BCUT2D eigenvalue weighted by molar-refractivity contribution is 0.432. The Hall–Kier alpha value is -2.54. The normalized spacial score (nSPS) is 15.5. The molecule has 1 saturated heterocycles. The van der Waals surface area contributed by atoms with Crippen LogP contribution in [0.3, 0.4) is 0 Å². The number of halogens is 1. The third-order valence-corrected chi connectivity index (χ3v) is 6.05. The van der Waals surface area contributed by atoms with E-state index >= 15 is 0 Å². The van der Waals surface area contributed by atoms with Gasteiger partial charge in [0.1, 0.15) is 0 Å². The minimum Gasteiger partial charge on any atom is -0.342 e. The zero-order valence-electron chi connectivity index (χ0n) is 16.4. The van der Waals surface area contributed by atoms with Crippen LogP contribution in [0.2, 0.25) is 5.02 Å². The van der Waals surface area contributed by atoms with Gasteiger partial charge in [0, 0.05) is 32.2 Å². The molecule has 0 atom stereocenters. The second kappa shape index (κ2) is 7.13. The van der Waals surface area contributed by atoms with Crippen LogP contribution < -0.4 is 16.1 Å². The van der Waals surface area contributed by atoms with Crippen LogP contribution in [0.15, 0.2) is 33.9 Å². The highest BCUT2D eigenvalue weighted by atomic mass is 35.5. The fourth-order valence-electron chi connectivity index (χ4n) is 3.83. The summed E-state index contributed by atoms with van der Waals surface area (Å²) in [4.78, 5) is 32.3. The molecule has 2 aromatic heterocycles. The van der Waals surface area contributed by atoms with Crippen molar-refractivity contribution in [3.8, 4) is 0 Å². The molecule has 3 heterocycles. The fourth-order valence-corrected chi connectivity index (χ4v) is 4.03. The van der Waals surface area contributed by atoms with Crippen LogP contribution in [0.5, 0.6) is 0 Å². The Labute approximate surface area is 167 Å². The van der Waals surface area contributed by atoms with Gasteiger partial charge >= 0.3 is 5.69 Å². The van der Waals surface area contributed by atoms with E-state index in [-0.39, 0.29) is 11.2 Å². The summed E-state index contributed by atoms with van der Waals surface area (Å²) < 4.78 is 4.49. The first kappa shape index (κ1) is 18.8. The van der Waals surface area contributed by atoms with Crippen molar-refractivity contribution < 1.29 is 0 Å². The number of rotatable bonds is 3. The van der Waals surface area contributed by atoms with Gasteiger partial charge in [0.15, 0.2) is 11.2 Å². The Morgan fingerprint density at radius 2 is 1.79 bits per heavy atom. The van der Waals surface area contributed by atoms with Crippen LogP contribution in [0.1, 0.15) is 25.3 Å². The minimum atomic E-state index is -0.376. The number of hydrogen-bond donors (Lipinski definition) is 0. The van der Waals surface area contributed by atoms with Gasteiger partial charge in [-0.15, -0.1) is 0 Å². The number of anilines is 1. The van der Waals surface area contributed by atoms with Crippen molar-refractivity contribution in [1.82, 2.24) is 18.7 Å². The lowest BCUT2D eigenvalue weighted by Gasteiger charge is -2.31.